The van der Waals surface area contributed by atoms with E-state index in [-0.39, 0.29) is 5.82 Å². The van der Waals surface area contributed by atoms with Crippen LogP contribution in [0.25, 0.3) is 11.3 Å². The van der Waals surface area contributed by atoms with Crippen molar-refractivity contribution in [3.05, 3.63) is 35.6 Å². The molecule has 3 nitrogen and oxygen atoms in total. The summed E-state index contributed by atoms with van der Waals surface area (Å²) < 4.78 is 14.9. The number of nitrogen functional groups attached to an aromatic ring is 1. The Bertz CT molecular complexity index is 497. The summed E-state index contributed by atoms with van der Waals surface area (Å²) in [6.07, 6.45) is 0.669. The minimum absolute atomic E-state index is 0.171. The molecule has 0 fully saturated rings. The number of aromatic nitrogens is 2. The Kier molecular flexibility index (Phi) is 2.64. The van der Waals surface area contributed by atoms with Crippen molar-refractivity contribution in [2.24, 2.45) is 7.05 Å². The van der Waals surface area contributed by atoms with E-state index in [1.807, 2.05) is 13.0 Å². The third-order valence-corrected chi connectivity index (χ3v) is 2.64. The molecule has 1 aromatic heterocycles. The normalized spacial score (nSPS) is 10.7. The van der Waals surface area contributed by atoms with Gasteiger partial charge in [-0.15, -0.1) is 0 Å². The van der Waals surface area contributed by atoms with Crippen LogP contribution in [0.2, 0.25) is 0 Å². The second-order valence-electron chi connectivity index (χ2n) is 3.74. The van der Waals surface area contributed by atoms with Crippen molar-refractivity contribution in [2.75, 3.05) is 5.73 Å². The number of rotatable bonds is 2. The molecule has 4 heteroatoms. The summed E-state index contributed by atoms with van der Waals surface area (Å²) >= 11 is 0. The van der Waals surface area contributed by atoms with Gasteiger partial charge in [-0.05, 0) is 30.2 Å². The fraction of sp³-hybridized carbons (Fsp3) is 0.250. The van der Waals surface area contributed by atoms with Gasteiger partial charge in [0.25, 0.3) is 0 Å². The standard InChI is InChI=1S/C12H14FN3/c1-3-8-6-9(4-5-10(8)13)11-7-12(14)16(2)15-11/h4-7H,3,14H2,1-2H3. The van der Waals surface area contributed by atoms with Gasteiger partial charge in [-0.3, -0.25) is 4.68 Å². The predicted octanol–water partition coefficient (Wildman–Crippen LogP) is 2.37. The molecule has 0 saturated carbocycles. The van der Waals surface area contributed by atoms with E-state index in [1.54, 1.807) is 23.9 Å². The molecule has 0 atom stereocenters. The Morgan fingerprint density at radius 2 is 2.12 bits per heavy atom. The first-order chi connectivity index (χ1) is 7.61. The molecule has 16 heavy (non-hydrogen) atoms. The summed E-state index contributed by atoms with van der Waals surface area (Å²) in [5, 5.41) is 4.25. The molecule has 2 N–H and O–H groups in total. The summed E-state index contributed by atoms with van der Waals surface area (Å²) in [4.78, 5) is 0. The van der Waals surface area contributed by atoms with Gasteiger partial charge >= 0.3 is 0 Å². The van der Waals surface area contributed by atoms with Crippen LogP contribution < -0.4 is 5.73 Å². The summed E-state index contributed by atoms with van der Waals surface area (Å²) in [5.41, 5.74) is 8.07. The first-order valence-electron chi connectivity index (χ1n) is 5.20. The van der Waals surface area contributed by atoms with Gasteiger partial charge in [0.05, 0.1) is 5.69 Å². The minimum atomic E-state index is -0.171. The number of aryl methyl sites for hydroxylation is 2. The monoisotopic (exact) mass is 219 g/mol. The highest BCUT2D eigenvalue weighted by molar-refractivity contribution is 5.63. The molecule has 0 unspecified atom stereocenters. The molecule has 0 saturated heterocycles. The second kappa shape index (κ2) is 3.96. The van der Waals surface area contributed by atoms with Crippen molar-refractivity contribution in [1.29, 1.82) is 0 Å². The molecule has 1 heterocycles. The van der Waals surface area contributed by atoms with Crippen molar-refractivity contribution in [2.45, 2.75) is 13.3 Å². The van der Waals surface area contributed by atoms with Crippen LogP contribution in [-0.2, 0) is 13.5 Å². The third-order valence-electron chi connectivity index (χ3n) is 2.64. The van der Waals surface area contributed by atoms with Crippen molar-refractivity contribution >= 4 is 5.82 Å². The van der Waals surface area contributed by atoms with Gasteiger partial charge < -0.3 is 5.73 Å². The van der Waals surface area contributed by atoms with Crippen LogP contribution in [0.3, 0.4) is 0 Å². The Morgan fingerprint density at radius 3 is 2.69 bits per heavy atom. The van der Waals surface area contributed by atoms with Crippen LogP contribution in [0.4, 0.5) is 10.2 Å². The zero-order valence-corrected chi connectivity index (χ0v) is 9.37. The Balaban J connectivity index is 2.48. The van der Waals surface area contributed by atoms with Crippen LogP contribution in [0.15, 0.2) is 24.3 Å². The summed E-state index contributed by atoms with van der Waals surface area (Å²) in [7, 11) is 1.78. The van der Waals surface area contributed by atoms with E-state index >= 15 is 0 Å². The highest BCUT2D eigenvalue weighted by atomic mass is 19.1. The van der Waals surface area contributed by atoms with Gasteiger partial charge in [-0.2, -0.15) is 5.10 Å². The minimum Gasteiger partial charge on any atom is -0.384 e. The van der Waals surface area contributed by atoms with Crippen LogP contribution in [-0.4, -0.2) is 9.78 Å². The zero-order chi connectivity index (χ0) is 11.7. The smallest absolute Gasteiger partial charge is 0.126 e. The lowest BCUT2D eigenvalue weighted by atomic mass is 10.1. The van der Waals surface area contributed by atoms with Crippen LogP contribution in [0.1, 0.15) is 12.5 Å². The number of anilines is 1. The van der Waals surface area contributed by atoms with E-state index < -0.39 is 0 Å². The number of nitrogens with two attached hydrogens (primary N) is 1. The first kappa shape index (κ1) is 10.7. The van der Waals surface area contributed by atoms with Crippen molar-refractivity contribution < 1.29 is 4.39 Å². The Labute approximate surface area is 93.7 Å². The zero-order valence-electron chi connectivity index (χ0n) is 9.37. The fourth-order valence-corrected chi connectivity index (χ4v) is 1.63. The van der Waals surface area contributed by atoms with Gasteiger partial charge in [0.15, 0.2) is 0 Å². The molecule has 0 aliphatic rings. The van der Waals surface area contributed by atoms with Gasteiger partial charge in [0.1, 0.15) is 11.6 Å². The van der Waals surface area contributed by atoms with E-state index in [4.69, 9.17) is 5.73 Å². The maximum atomic E-state index is 13.3. The molecule has 0 radical (unpaired) electrons. The van der Waals surface area contributed by atoms with E-state index in [0.717, 1.165) is 11.3 Å². The van der Waals surface area contributed by atoms with Gasteiger partial charge in [-0.25, -0.2) is 4.39 Å². The number of nitrogens with zero attached hydrogens (tertiary/aromatic N) is 2. The molecule has 2 rings (SSSR count). The molecule has 2 aromatic rings. The lowest BCUT2D eigenvalue weighted by molar-refractivity contribution is 0.612. The topological polar surface area (TPSA) is 43.8 Å². The molecule has 1 aromatic carbocycles. The second-order valence-corrected chi connectivity index (χ2v) is 3.74. The lowest BCUT2D eigenvalue weighted by Crippen LogP contribution is -1.96. The maximum absolute atomic E-state index is 13.3. The molecule has 0 bridgehead atoms. The Hall–Kier alpha value is -1.84. The maximum Gasteiger partial charge on any atom is 0.126 e. The molecule has 0 aliphatic carbocycles. The predicted molar refractivity (Wildman–Crippen MR) is 62.4 cm³/mol. The summed E-state index contributed by atoms with van der Waals surface area (Å²) in [6, 6.07) is 6.79. The lowest BCUT2D eigenvalue weighted by Gasteiger charge is -2.02. The quantitative estimate of drug-likeness (QED) is 0.842. The molecule has 0 amide bonds. The van der Waals surface area contributed by atoms with E-state index in [9.17, 15) is 4.39 Å². The van der Waals surface area contributed by atoms with Crippen molar-refractivity contribution in [3.63, 3.8) is 0 Å². The highest BCUT2D eigenvalue weighted by Crippen LogP contribution is 2.22. The Morgan fingerprint density at radius 1 is 1.38 bits per heavy atom. The van der Waals surface area contributed by atoms with Crippen LogP contribution >= 0.6 is 0 Å². The molecule has 0 aliphatic heterocycles. The number of benzene rings is 1. The average Bonchev–Trinajstić information content (AvgIpc) is 2.60. The summed E-state index contributed by atoms with van der Waals surface area (Å²) in [6.45, 7) is 1.93. The van der Waals surface area contributed by atoms with Crippen molar-refractivity contribution in [1.82, 2.24) is 9.78 Å². The average molecular weight is 219 g/mol. The fourth-order valence-electron chi connectivity index (χ4n) is 1.63. The molecular formula is C12H14FN3. The third kappa shape index (κ3) is 1.78. The van der Waals surface area contributed by atoms with Crippen molar-refractivity contribution in [3.8, 4) is 11.3 Å². The molecular weight excluding hydrogens is 205 g/mol. The molecule has 84 valence electrons. The number of halogens is 1. The van der Waals surface area contributed by atoms with Gasteiger partial charge in [0.2, 0.25) is 0 Å². The highest BCUT2D eigenvalue weighted by Gasteiger charge is 2.07. The van der Waals surface area contributed by atoms with E-state index in [0.29, 0.717) is 17.8 Å². The van der Waals surface area contributed by atoms with E-state index in [1.165, 1.54) is 6.07 Å². The van der Waals surface area contributed by atoms with Gasteiger partial charge in [-0.1, -0.05) is 6.92 Å². The van der Waals surface area contributed by atoms with Crippen LogP contribution in [0, 0.1) is 5.82 Å². The number of hydrogen-bond donors (Lipinski definition) is 1. The van der Waals surface area contributed by atoms with Crippen LogP contribution in [0.5, 0.6) is 0 Å². The molecule has 0 spiro atoms. The SMILES string of the molecule is CCc1cc(-c2cc(N)n(C)n2)ccc1F. The summed E-state index contributed by atoms with van der Waals surface area (Å²) in [5.74, 6) is 0.424. The number of hydrogen-bond acceptors (Lipinski definition) is 2. The van der Waals surface area contributed by atoms with Gasteiger partial charge in [0, 0.05) is 18.7 Å². The largest absolute Gasteiger partial charge is 0.384 e. The van der Waals surface area contributed by atoms with E-state index in [2.05, 4.69) is 5.10 Å². The first-order valence-corrected chi connectivity index (χ1v) is 5.20.